The molecule has 0 rings (SSSR count). The van der Waals surface area contributed by atoms with Crippen LogP contribution in [0.15, 0.2) is 0 Å². The van der Waals surface area contributed by atoms with Crippen molar-refractivity contribution in [2.75, 3.05) is 13.1 Å². The van der Waals surface area contributed by atoms with Gasteiger partial charge in [0.2, 0.25) is 0 Å². The van der Waals surface area contributed by atoms with Crippen LogP contribution in [-0.2, 0) is 4.74 Å². The highest BCUT2D eigenvalue weighted by atomic mass is 16.6. The molecule has 0 radical (unpaired) electrons. The van der Waals surface area contributed by atoms with Crippen LogP contribution in [0.2, 0.25) is 0 Å². The molecule has 10 heavy (non-hydrogen) atoms. The van der Waals surface area contributed by atoms with Gasteiger partial charge in [-0.05, 0) is 13.8 Å². The van der Waals surface area contributed by atoms with Crippen LogP contribution in [0.25, 0.3) is 0 Å². The van der Waals surface area contributed by atoms with Gasteiger partial charge in [0.05, 0.1) is 0 Å². The van der Waals surface area contributed by atoms with Gasteiger partial charge in [-0.3, -0.25) is 0 Å². The molecule has 1 amide bonds. The third-order valence-electron chi connectivity index (χ3n) is 0.961. The number of alkyl carbamates (subject to hydrolysis) is 1. The van der Waals surface area contributed by atoms with Crippen LogP contribution >= 0.6 is 0 Å². The summed E-state index contributed by atoms with van der Waals surface area (Å²) in [6.07, 6.45) is -0.605. The van der Waals surface area contributed by atoms with Gasteiger partial charge in [-0.15, -0.1) is 0 Å². The van der Waals surface area contributed by atoms with E-state index in [1.165, 1.54) is 0 Å². The number of nitrogens with one attached hydrogen (secondary N) is 1. The molecule has 0 saturated heterocycles. The lowest BCUT2D eigenvalue weighted by Crippen LogP contribution is -2.30. The summed E-state index contributed by atoms with van der Waals surface area (Å²) in [5.41, 5.74) is 5.21. The Morgan fingerprint density at radius 2 is 2.40 bits per heavy atom. The predicted molar refractivity (Wildman–Crippen MR) is 38.7 cm³/mol. The molecule has 3 N–H and O–H groups in total. The van der Waals surface area contributed by atoms with Gasteiger partial charge in [0, 0.05) is 13.1 Å². The minimum absolute atomic E-state index is 0.202. The molecule has 0 aliphatic heterocycles. The number of carbonyl (C=O) groups excluding carboxylic acids is 1. The molecule has 0 aliphatic carbocycles. The third kappa shape index (κ3) is 4.14. The van der Waals surface area contributed by atoms with Gasteiger partial charge < -0.3 is 15.8 Å². The van der Waals surface area contributed by atoms with Crippen molar-refractivity contribution in [3.05, 3.63) is 0 Å². The van der Waals surface area contributed by atoms with Crippen LogP contribution in [0.3, 0.4) is 0 Å². The fourth-order valence-corrected chi connectivity index (χ4v) is 0.417. The number of ether oxygens (including phenoxy) is 1. The second kappa shape index (κ2) is 5.05. The lowest BCUT2D eigenvalue weighted by atomic mass is 10.4. The molecule has 0 fully saturated rings. The Balaban J connectivity index is 3.37. The molecule has 1 atom stereocenters. The second-order valence-corrected chi connectivity index (χ2v) is 1.98. The molecule has 0 heterocycles. The number of carbonyl (C=O) groups is 1. The molecule has 60 valence electrons. The minimum atomic E-state index is -0.402. The van der Waals surface area contributed by atoms with Gasteiger partial charge in [-0.2, -0.15) is 0 Å². The molecule has 0 saturated carbocycles. The standard InChI is InChI=1S/C6H14N2O2/c1-3-8-6(9)10-5(2)4-7/h5H,3-4,7H2,1-2H3,(H,8,9). The van der Waals surface area contributed by atoms with Gasteiger partial charge in [0.1, 0.15) is 6.10 Å². The first-order valence-corrected chi connectivity index (χ1v) is 3.35. The van der Waals surface area contributed by atoms with E-state index in [-0.39, 0.29) is 6.10 Å². The van der Waals surface area contributed by atoms with Crippen LogP contribution < -0.4 is 11.1 Å². The lowest BCUT2D eigenvalue weighted by Gasteiger charge is -2.09. The summed E-state index contributed by atoms with van der Waals surface area (Å²) in [6.45, 7) is 4.51. The first kappa shape index (κ1) is 9.23. The average molecular weight is 146 g/mol. The summed E-state index contributed by atoms with van der Waals surface area (Å²) in [5.74, 6) is 0. The van der Waals surface area contributed by atoms with E-state index in [4.69, 9.17) is 10.5 Å². The largest absolute Gasteiger partial charge is 0.445 e. The monoisotopic (exact) mass is 146 g/mol. The van der Waals surface area contributed by atoms with Crippen molar-refractivity contribution in [1.82, 2.24) is 5.32 Å². The number of hydrogen-bond donors (Lipinski definition) is 2. The minimum Gasteiger partial charge on any atom is -0.445 e. The maximum atomic E-state index is 10.6. The maximum absolute atomic E-state index is 10.6. The van der Waals surface area contributed by atoms with E-state index in [0.29, 0.717) is 13.1 Å². The van der Waals surface area contributed by atoms with E-state index in [1.54, 1.807) is 6.92 Å². The van der Waals surface area contributed by atoms with Crippen molar-refractivity contribution >= 4 is 6.09 Å². The van der Waals surface area contributed by atoms with E-state index in [9.17, 15) is 4.79 Å². The van der Waals surface area contributed by atoms with Gasteiger partial charge >= 0.3 is 6.09 Å². The van der Waals surface area contributed by atoms with E-state index in [2.05, 4.69) is 5.32 Å². The number of nitrogens with two attached hydrogens (primary N) is 1. The Bertz CT molecular complexity index is 106. The zero-order valence-electron chi connectivity index (χ0n) is 6.39. The number of rotatable bonds is 3. The van der Waals surface area contributed by atoms with Crippen LogP contribution in [-0.4, -0.2) is 25.3 Å². The highest BCUT2D eigenvalue weighted by molar-refractivity contribution is 5.67. The Kier molecular flexibility index (Phi) is 4.66. The Morgan fingerprint density at radius 1 is 1.80 bits per heavy atom. The van der Waals surface area contributed by atoms with Crippen molar-refractivity contribution in [2.24, 2.45) is 5.73 Å². The van der Waals surface area contributed by atoms with E-state index >= 15 is 0 Å². The molecule has 0 aromatic heterocycles. The van der Waals surface area contributed by atoms with Crippen LogP contribution in [0.1, 0.15) is 13.8 Å². The van der Waals surface area contributed by atoms with Gasteiger partial charge in [-0.1, -0.05) is 0 Å². The predicted octanol–water partition coefficient (Wildman–Crippen LogP) is 0.0797. The fourth-order valence-electron chi connectivity index (χ4n) is 0.417. The lowest BCUT2D eigenvalue weighted by molar-refractivity contribution is 0.111. The van der Waals surface area contributed by atoms with E-state index in [0.717, 1.165) is 0 Å². The Morgan fingerprint density at radius 3 is 2.80 bits per heavy atom. The van der Waals surface area contributed by atoms with Crippen molar-refractivity contribution in [1.29, 1.82) is 0 Å². The highest BCUT2D eigenvalue weighted by Gasteiger charge is 2.04. The van der Waals surface area contributed by atoms with Crippen molar-refractivity contribution in [3.8, 4) is 0 Å². The molecule has 1 unspecified atom stereocenters. The van der Waals surface area contributed by atoms with Crippen molar-refractivity contribution in [3.63, 3.8) is 0 Å². The molecular formula is C6H14N2O2. The molecule has 4 nitrogen and oxygen atoms in total. The first-order valence-electron chi connectivity index (χ1n) is 3.35. The average Bonchev–Trinajstić information content (AvgIpc) is 1.88. The molecule has 0 bridgehead atoms. The smallest absolute Gasteiger partial charge is 0.407 e. The SMILES string of the molecule is CCNC(=O)OC(C)CN. The Hall–Kier alpha value is -0.770. The zero-order chi connectivity index (χ0) is 7.98. The molecule has 0 aromatic carbocycles. The first-order chi connectivity index (χ1) is 4.70. The van der Waals surface area contributed by atoms with Gasteiger partial charge in [0.25, 0.3) is 0 Å². The summed E-state index contributed by atoms with van der Waals surface area (Å²) in [6, 6.07) is 0. The van der Waals surface area contributed by atoms with E-state index < -0.39 is 6.09 Å². The van der Waals surface area contributed by atoms with Gasteiger partial charge in [-0.25, -0.2) is 4.79 Å². The topological polar surface area (TPSA) is 64.3 Å². The molecule has 0 spiro atoms. The number of hydrogen-bond acceptors (Lipinski definition) is 3. The molecule has 0 aliphatic rings. The van der Waals surface area contributed by atoms with Gasteiger partial charge in [0.15, 0.2) is 0 Å². The third-order valence-corrected chi connectivity index (χ3v) is 0.961. The van der Waals surface area contributed by atoms with Crippen molar-refractivity contribution in [2.45, 2.75) is 20.0 Å². The normalized spacial score (nSPS) is 12.3. The molecule has 0 aromatic rings. The summed E-state index contributed by atoms with van der Waals surface area (Å²) < 4.78 is 4.76. The number of amides is 1. The van der Waals surface area contributed by atoms with Crippen LogP contribution in [0.4, 0.5) is 4.79 Å². The second-order valence-electron chi connectivity index (χ2n) is 1.98. The van der Waals surface area contributed by atoms with Crippen LogP contribution in [0.5, 0.6) is 0 Å². The summed E-state index contributed by atoms with van der Waals surface area (Å²) in [7, 11) is 0. The summed E-state index contributed by atoms with van der Waals surface area (Å²) >= 11 is 0. The molecular weight excluding hydrogens is 132 g/mol. The highest BCUT2D eigenvalue weighted by Crippen LogP contribution is 1.86. The quantitative estimate of drug-likeness (QED) is 0.592. The summed E-state index contributed by atoms with van der Waals surface area (Å²) in [5, 5.41) is 2.49. The molecule has 4 heteroatoms. The van der Waals surface area contributed by atoms with Crippen molar-refractivity contribution < 1.29 is 9.53 Å². The fraction of sp³-hybridized carbons (Fsp3) is 0.833. The van der Waals surface area contributed by atoms with E-state index in [1.807, 2.05) is 6.92 Å². The Labute approximate surface area is 60.7 Å². The van der Waals surface area contributed by atoms with Crippen LogP contribution in [0, 0.1) is 0 Å². The maximum Gasteiger partial charge on any atom is 0.407 e. The summed E-state index contributed by atoms with van der Waals surface area (Å²) in [4.78, 5) is 10.6. The zero-order valence-corrected chi connectivity index (χ0v) is 6.39.